The molecule has 0 unspecified atom stereocenters. The van der Waals surface area contributed by atoms with E-state index in [0.717, 1.165) is 12.2 Å². The second kappa shape index (κ2) is 5.20. The summed E-state index contributed by atoms with van der Waals surface area (Å²) in [5.41, 5.74) is 0.524. The summed E-state index contributed by atoms with van der Waals surface area (Å²) in [7, 11) is 0. The van der Waals surface area contributed by atoms with Crippen LogP contribution in [0.25, 0.3) is 0 Å². The molecule has 3 nitrogen and oxygen atoms in total. The Bertz CT molecular complexity index is 554. The van der Waals surface area contributed by atoms with Crippen LogP contribution < -0.4 is 4.90 Å². The Kier molecular flexibility index (Phi) is 3.73. The van der Waals surface area contributed by atoms with Crippen LogP contribution in [0.5, 0.6) is 0 Å². The van der Waals surface area contributed by atoms with E-state index in [4.69, 9.17) is 9.47 Å². The third-order valence-corrected chi connectivity index (χ3v) is 5.38. The highest BCUT2D eigenvalue weighted by Gasteiger charge is 2.50. The molecule has 0 N–H and O–H groups in total. The number of anilines is 1. The van der Waals surface area contributed by atoms with Gasteiger partial charge in [-0.1, -0.05) is 0 Å². The van der Waals surface area contributed by atoms with Gasteiger partial charge in [0.25, 0.3) is 0 Å². The quantitative estimate of drug-likeness (QED) is 0.807. The van der Waals surface area contributed by atoms with Crippen molar-refractivity contribution in [3.05, 3.63) is 29.6 Å². The van der Waals surface area contributed by atoms with Crippen molar-refractivity contribution in [2.45, 2.75) is 71.0 Å². The van der Waals surface area contributed by atoms with Gasteiger partial charge in [0.05, 0.1) is 11.2 Å². The zero-order valence-electron chi connectivity index (χ0n) is 14.1. The van der Waals surface area contributed by atoms with Gasteiger partial charge in [-0.05, 0) is 65.7 Å². The Labute approximate surface area is 132 Å². The molecule has 1 aromatic rings. The molecule has 0 radical (unpaired) electrons. The normalized spacial score (nSPS) is 27.5. The van der Waals surface area contributed by atoms with E-state index in [-0.39, 0.29) is 5.82 Å². The van der Waals surface area contributed by atoms with Crippen LogP contribution in [0.1, 0.15) is 59.3 Å². The van der Waals surface area contributed by atoms with Gasteiger partial charge in [0.2, 0.25) is 0 Å². The lowest BCUT2D eigenvalue weighted by Gasteiger charge is -2.30. The average molecular weight is 307 g/mol. The van der Waals surface area contributed by atoms with Crippen LogP contribution in [0.3, 0.4) is 0 Å². The Morgan fingerprint density at radius 1 is 1.14 bits per heavy atom. The smallest absolute Gasteiger partial charge is 0.188 e. The first-order valence-electron chi connectivity index (χ1n) is 8.13. The summed E-state index contributed by atoms with van der Waals surface area (Å²) >= 11 is 0. The number of benzene rings is 1. The van der Waals surface area contributed by atoms with Gasteiger partial charge in [0.15, 0.2) is 6.29 Å². The maximum absolute atomic E-state index is 14.6. The van der Waals surface area contributed by atoms with Crippen molar-refractivity contribution in [1.82, 2.24) is 0 Å². The maximum Gasteiger partial charge on any atom is 0.188 e. The molecule has 0 saturated carbocycles. The van der Waals surface area contributed by atoms with E-state index in [9.17, 15) is 4.39 Å². The van der Waals surface area contributed by atoms with Gasteiger partial charge in [-0.2, -0.15) is 0 Å². The number of hydrogen-bond acceptors (Lipinski definition) is 3. The molecule has 0 spiro atoms. The van der Waals surface area contributed by atoms with Crippen molar-refractivity contribution in [2.75, 3.05) is 11.4 Å². The van der Waals surface area contributed by atoms with Gasteiger partial charge in [0.1, 0.15) is 5.82 Å². The van der Waals surface area contributed by atoms with Crippen LogP contribution in [0, 0.1) is 5.82 Å². The summed E-state index contributed by atoms with van der Waals surface area (Å²) in [4.78, 5) is 2.26. The number of hydrogen-bond donors (Lipinski definition) is 0. The fraction of sp³-hybridized carbons (Fsp3) is 0.667. The molecule has 22 heavy (non-hydrogen) atoms. The highest BCUT2D eigenvalue weighted by molar-refractivity contribution is 5.50. The van der Waals surface area contributed by atoms with Crippen molar-refractivity contribution < 1.29 is 13.9 Å². The Balaban J connectivity index is 1.85. The van der Waals surface area contributed by atoms with Crippen LogP contribution in [0.15, 0.2) is 18.2 Å². The molecule has 1 atom stereocenters. The molecule has 2 aliphatic rings. The molecule has 1 aromatic carbocycles. The highest BCUT2D eigenvalue weighted by atomic mass is 19.1. The summed E-state index contributed by atoms with van der Waals surface area (Å²) in [6.07, 6.45) is 1.69. The fourth-order valence-corrected chi connectivity index (χ4v) is 3.17. The van der Waals surface area contributed by atoms with Gasteiger partial charge < -0.3 is 14.4 Å². The number of nitrogens with zero attached hydrogens (tertiary/aromatic N) is 1. The molecule has 2 fully saturated rings. The van der Waals surface area contributed by atoms with Gasteiger partial charge in [-0.15, -0.1) is 0 Å². The van der Waals surface area contributed by atoms with Gasteiger partial charge in [-0.25, -0.2) is 4.39 Å². The highest BCUT2D eigenvalue weighted by Crippen LogP contribution is 2.45. The summed E-state index contributed by atoms with van der Waals surface area (Å²) in [6.45, 7) is 11.1. The van der Waals surface area contributed by atoms with Crippen LogP contribution in [-0.4, -0.2) is 23.8 Å². The standard InChI is InChI=1S/C18H26FNO2/c1-12-7-6-10-20(12)13-8-9-14(15(19)11-13)16-21-17(2,3)18(4,5)22-16/h8-9,11-12,16H,6-7,10H2,1-5H3/t12-/m1/s1. The van der Waals surface area contributed by atoms with E-state index in [1.165, 1.54) is 12.8 Å². The molecule has 2 heterocycles. The minimum atomic E-state index is -0.643. The Morgan fingerprint density at radius 3 is 2.27 bits per heavy atom. The number of halogens is 1. The fourth-order valence-electron chi connectivity index (χ4n) is 3.17. The largest absolute Gasteiger partial charge is 0.369 e. The van der Waals surface area contributed by atoms with Crippen molar-refractivity contribution in [2.24, 2.45) is 0 Å². The minimum Gasteiger partial charge on any atom is -0.369 e. The SMILES string of the molecule is C[C@@H]1CCCN1c1ccc(C2OC(C)(C)C(C)(C)O2)c(F)c1. The third kappa shape index (κ3) is 2.52. The van der Waals surface area contributed by atoms with Gasteiger partial charge in [0, 0.05) is 23.8 Å². The zero-order chi connectivity index (χ0) is 16.1. The maximum atomic E-state index is 14.6. The Morgan fingerprint density at radius 2 is 1.77 bits per heavy atom. The monoisotopic (exact) mass is 307 g/mol. The van der Waals surface area contributed by atoms with Gasteiger partial charge >= 0.3 is 0 Å². The predicted molar refractivity (Wildman–Crippen MR) is 85.5 cm³/mol. The van der Waals surface area contributed by atoms with Crippen molar-refractivity contribution >= 4 is 5.69 Å². The molecular formula is C18H26FNO2. The lowest BCUT2D eigenvalue weighted by Crippen LogP contribution is -2.41. The van der Waals surface area contributed by atoms with E-state index < -0.39 is 17.5 Å². The summed E-state index contributed by atoms with van der Waals surface area (Å²) in [6, 6.07) is 5.87. The molecular weight excluding hydrogens is 281 g/mol. The number of ether oxygens (including phenoxy) is 2. The second-order valence-electron chi connectivity index (χ2n) is 7.48. The average Bonchev–Trinajstić information content (AvgIpc) is 2.91. The van der Waals surface area contributed by atoms with Crippen molar-refractivity contribution in [1.29, 1.82) is 0 Å². The number of rotatable bonds is 2. The van der Waals surface area contributed by atoms with Crippen LogP contribution in [0.2, 0.25) is 0 Å². The molecule has 2 aliphatic heterocycles. The zero-order valence-corrected chi connectivity index (χ0v) is 14.1. The lowest BCUT2D eigenvalue weighted by molar-refractivity contribution is -0.0914. The van der Waals surface area contributed by atoms with Crippen LogP contribution in [0.4, 0.5) is 10.1 Å². The molecule has 122 valence electrons. The molecule has 4 heteroatoms. The van der Waals surface area contributed by atoms with Crippen molar-refractivity contribution in [3.63, 3.8) is 0 Å². The molecule has 0 aliphatic carbocycles. The summed E-state index contributed by atoms with van der Waals surface area (Å²) in [5, 5.41) is 0. The van der Waals surface area contributed by atoms with Crippen LogP contribution >= 0.6 is 0 Å². The summed E-state index contributed by atoms with van der Waals surface area (Å²) < 4.78 is 26.5. The Hall–Kier alpha value is -1.13. The first kappa shape index (κ1) is 15.8. The topological polar surface area (TPSA) is 21.7 Å². The lowest BCUT2D eigenvalue weighted by atomic mass is 9.90. The van der Waals surface area contributed by atoms with E-state index >= 15 is 0 Å². The molecule has 2 saturated heterocycles. The predicted octanol–water partition coefficient (Wildman–Crippen LogP) is 4.42. The van der Waals surface area contributed by atoms with Crippen LogP contribution in [-0.2, 0) is 9.47 Å². The van der Waals surface area contributed by atoms with E-state index in [1.54, 1.807) is 12.1 Å². The van der Waals surface area contributed by atoms with E-state index in [1.807, 2.05) is 33.8 Å². The molecule has 0 bridgehead atoms. The van der Waals surface area contributed by atoms with E-state index in [0.29, 0.717) is 11.6 Å². The molecule has 3 rings (SSSR count). The molecule has 0 aromatic heterocycles. The second-order valence-corrected chi connectivity index (χ2v) is 7.48. The minimum absolute atomic E-state index is 0.255. The van der Waals surface area contributed by atoms with Crippen molar-refractivity contribution in [3.8, 4) is 0 Å². The first-order valence-corrected chi connectivity index (χ1v) is 8.13. The third-order valence-electron chi connectivity index (χ3n) is 5.38. The van der Waals surface area contributed by atoms with E-state index in [2.05, 4.69) is 11.8 Å². The first-order chi connectivity index (χ1) is 10.2. The molecule has 0 amide bonds. The summed E-state index contributed by atoms with van der Waals surface area (Å²) in [5.74, 6) is -0.255. The van der Waals surface area contributed by atoms with Gasteiger partial charge in [-0.3, -0.25) is 0 Å².